The van der Waals surface area contributed by atoms with E-state index < -0.39 is 14.9 Å². The second-order valence-electron chi connectivity index (χ2n) is 7.89. The zero-order valence-corrected chi connectivity index (χ0v) is 19.0. The summed E-state index contributed by atoms with van der Waals surface area (Å²) in [7, 11) is -3.78. The molecule has 2 aliphatic rings. The maximum Gasteiger partial charge on any atom is 0.293 e. The van der Waals surface area contributed by atoms with E-state index in [1.807, 2.05) is 0 Å². The molecule has 13 heteroatoms. The van der Waals surface area contributed by atoms with Crippen molar-refractivity contribution in [2.75, 3.05) is 36.4 Å². The van der Waals surface area contributed by atoms with Gasteiger partial charge in [-0.1, -0.05) is 17.8 Å². The monoisotopic (exact) mass is 480 g/mol. The SMILES string of the molecule is O=C(Nc1nncs1)[C@H]1CCCN(c2ccc(S(=O)(=O)N3CCCCC3)cc2[N+](=O)[O-])C1. The van der Waals surface area contributed by atoms with Crippen molar-refractivity contribution in [3.05, 3.63) is 33.8 Å². The topological polar surface area (TPSA) is 139 Å². The number of carbonyl (C=O) groups is 1. The van der Waals surface area contributed by atoms with Crippen molar-refractivity contribution in [1.82, 2.24) is 14.5 Å². The summed E-state index contributed by atoms with van der Waals surface area (Å²) >= 11 is 1.22. The standard InChI is InChI=1S/C19H24N6O5S2/c26-18(21-19-22-20-13-31-19)14-5-4-8-23(12-14)16-7-6-15(11-17(16)25(27)28)32(29,30)24-9-2-1-3-10-24/h6-7,11,13-14H,1-5,8-10,12H2,(H,21,22,26)/t14-/m0/s1. The molecule has 3 heterocycles. The molecule has 2 aromatic rings. The fraction of sp³-hybridized carbons (Fsp3) is 0.526. The van der Waals surface area contributed by atoms with Gasteiger partial charge >= 0.3 is 0 Å². The van der Waals surface area contributed by atoms with Gasteiger partial charge in [-0.25, -0.2) is 8.42 Å². The van der Waals surface area contributed by atoms with Gasteiger partial charge in [0.15, 0.2) is 0 Å². The molecule has 1 atom stereocenters. The molecule has 11 nitrogen and oxygen atoms in total. The van der Waals surface area contributed by atoms with Gasteiger partial charge in [-0.05, 0) is 37.8 Å². The lowest BCUT2D eigenvalue weighted by molar-refractivity contribution is -0.384. The Morgan fingerprint density at radius 1 is 1.19 bits per heavy atom. The van der Waals surface area contributed by atoms with Gasteiger partial charge in [0.05, 0.1) is 15.7 Å². The van der Waals surface area contributed by atoms with Crippen LogP contribution in [-0.2, 0) is 14.8 Å². The summed E-state index contributed by atoms with van der Waals surface area (Å²) in [5.41, 5.74) is 1.57. The molecule has 1 aromatic carbocycles. The Labute approximate surface area is 189 Å². The number of nitrogens with one attached hydrogen (secondary N) is 1. The van der Waals surface area contributed by atoms with Crippen LogP contribution in [0.4, 0.5) is 16.5 Å². The Balaban J connectivity index is 1.56. The normalized spacial score (nSPS) is 20.1. The summed E-state index contributed by atoms with van der Waals surface area (Å²) in [6.45, 7) is 1.69. The first-order valence-electron chi connectivity index (χ1n) is 10.5. The number of anilines is 2. The number of carbonyl (C=O) groups excluding carboxylic acids is 1. The number of amides is 1. The highest BCUT2D eigenvalue weighted by Gasteiger charge is 2.32. The van der Waals surface area contributed by atoms with Gasteiger partial charge < -0.3 is 10.2 Å². The molecule has 1 N–H and O–H groups in total. The predicted molar refractivity (Wildman–Crippen MR) is 119 cm³/mol. The van der Waals surface area contributed by atoms with E-state index in [4.69, 9.17) is 0 Å². The predicted octanol–water partition coefficient (Wildman–Crippen LogP) is 2.48. The molecule has 1 amide bonds. The highest BCUT2D eigenvalue weighted by Crippen LogP contribution is 2.35. The number of nitrogens with zero attached hydrogens (tertiary/aromatic N) is 5. The molecule has 0 radical (unpaired) electrons. The summed E-state index contributed by atoms with van der Waals surface area (Å²) in [5, 5.41) is 22.5. The van der Waals surface area contributed by atoms with E-state index in [1.165, 1.54) is 33.3 Å². The van der Waals surface area contributed by atoms with Crippen LogP contribution in [0.3, 0.4) is 0 Å². The van der Waals surface area contributed by atoms with Gasteiger partial charge in [-0.3, -0.25) is 14.9 Å². The van der Waals surface area contributed by atoms with Crippen LogP contribution in [-0.4, -0.2) is 59.9 Å². The van der Waals surface area contributed by atoms with E-state index in [2.05, 4.69) is 15.5 Å². The second-order valence-corrected chi connectivity index (χ2v) is 10.7. The van der Waals surface area contributed by atoms with Crippen LogP contribution in [0.5, 0.6) is 0 Å². The Hall–Kier alpha value is -2.64. The quantitative estimate of drug-likeness (QED) is 0.491. The molecule has 1 aromatic heterocycles. The van der Waals surface area contributed by atoms with Gasteiger partial charge in [-0.2, -0.15) is 4.31 Å². The third-order valence-corrected chi connectivity index (χ3v) is 8.32. The van der Waals surface area contributed by atoms with Crippen LogP contribution >= 0.6 is 11.3 Å². The number of benzene rings is 1. The Kier molecular flexibility index (Phi) is 6.67. The van der Waals surface area contributed by atoms with E-state index in [0.29, 0.717) is 49.8 Å². The van der Waals surface area contributed by atoms with E-state index in [-0.39, 0.29) is 22.4 Å². The fourth-order valence-electron chi connectivity index (χ4n) is 4.18. The van der Waals surface area contributed by atoms with Crippen LogP contribution in [0.1, 0.15) is 32.1 Å². The molecule has 32 heavy (non-hydrogen) atoms. The van der Waals surface area contributed by atoms with Crippen molar-refractivity contribution < 1.29 is 18.1 Å². The van der Waals surface area contributed by atoms with Crippen molar-refractivity contribution in [1.29, 1.82) is 0 Å². The maximum atomic E-state index is 13.0. The van der Waals surface area contributed by atoms with Crippen molar-refractivity contribution in [2.24, 2.45) is 5.92 Å². The van der Waals surface area contributed by atoms with Crippen LogP contribution < -0.4 is 10.2 Å². The molecular formula is C19H24N6O5S2. The van der Waals surface area contributed by atoms with Crippen LogP contribution in [0, 0.1) is 16.0 Å². The maximum absolute atomic E-state index is 13.0. The fourth-order valence-corrected chi connectivity index (χ4v) is 6.16. The molecule has 172 valence electrons. The Morgan fingerprint density at radius 2 is 1.97 bits per heavy atom. The van der Waals surface area contributed by atoms with Gasteiger partial charge in [0.25, 0.3) is 5.69 Å². The Morgan fingerprint density at radius 3 is 2.66 bits per heavy atom. The van der Waals surface area contributed by atoms with Gasteiger partial charge in [-0.15, -0.1) is 10.2 Å². The van der Waals surface area contributed by atoms with E-state index in [9.17, 15) is 23.3 Å². The number of nitro groups is 1. The first-order chi connectivity index (χ1) is 15.4. The summed E-state index contributed by atoms with van der Waals surface area (Å²) in [6.07, 6.45) is 3.88. The number of nitro benzene ring substituents is 1. The molecule has 0 unspecified atom stereocenters. The third-order valence-electron chi connectivity index (χ3n) is 5.82. The van der Waals surface area contributed by atoms with Crippen molar-refractivity contribution in [3.8, 4) is 0 Å². The molecule has 0 aliphatic carbocycles. The number of hydrogen-bond acceptors (Lipinski definition) is 9. The number of piperidine rings is 2. The summed E-state index contributed by atoms with van der Waals surface area (Å²) in [6, 6.07) is 4.06. The number of aromatic nitrogens is 2. The molecule has 2 saturated heterocycles. The average molecular weight is 481 g/mol. The lowest BCUT2D eigenvalue weighted by Gasteiger charge is -2.33. The highest BCUT2D eigenvalue weighted by atomic mass is 32.2. The van der Waals surface area contributed by atoms with Crippen LogP contribution in [0.2, 0.25) is 0 Å². The smallest absolute Gasteiger partial charge is 0.293 e. The summed E-state index contributed by atoms with van der Waals surface area (Å²) < 4.78 is 27.3. The lowest BCUT2D eigenvalue weighted by atomic mass is 9.96. The first kappa shape index (κ1) is 22.6. The van der Waals surface area contributed by atoms with E-state index in [1.54, 1.807) is 4.90 Å². The minimum absolute atomic E-state index is 0.0718. The number of rotatable bonds is 6. The zero-order chi connectivity index (χ0) is 22.7. The molecule has 0 saturated carbocycles. The molecule has 2 fully saturated rings. The van der Waals surface area contributed by atoms with Crippen molar-refractivity contribution in [2.45, 2.75) is 37.0 Å². The third kappa shape index (κ3) is 4.74. The lowest BCUT2D eigenvalue weighted by Crippen LogP contribution is -2.41. The van der Waals surface area contributed by atoms with E-state index in [0.717, 1.165) is 25.3 Å². The molecule has 0 spiro atoms. The highest BCUT2D eigenvalue weighted by molar-refractivity contribution is 7.89. The zero-order valence-electron chi connectivity index (χ0n) is 17.3. The molecule has 0 bridgehead atoms. The molecule has 4 rings (SSSR count). The van der Waals surface area contributed by atoms with E-state index >= 15 is 0 Å². The largest absolute Gasteiger partial charge is 0.365 e. The molecular weight excluding hydrogens is 456 g/mol. The van der Waals surface area contributed by atoms with Crippen LogP contribution in [0.15, 0.2) is 28.6 Å². The van der Waals surface area contributed by atoms with Gasteiger partial charge in [0, 0.05) is 32.2 Å². The second kappa shape index (κ2) is 9.46. The number of sulfonamides is 1. The minimum Gasteiger partial charge on any atom is -0.365 e. The number of hydrogen-bond donors (Lipinski definition) is 1. The van der Waals surface area contributed by atoms with Gasteiger partial charge in [0.2, 0.25) is 21.1 Å². The average Bonchev–Trinajstić information content (AvgIpc) is 3.32. The van der Waals surface area contributed by atoms with Crippen LogP contribution in [0.25, 0.3) is 0 Å². The van der Waals surface area contributed by atoms with Gasteiger partial charge in [0.1, 0.15) is 11.2 Å². The summed E-state index contributed by atoms with van der Waals surface area (Å²) in [5.74, 6) is -0.581. The van der Waals surface area contributed by atoms with Crippen molar-refractivity contribution in [3.63, 3.8) is 0 Å². The van der Waals surface area contributed by atoms with Crippen molar-refractivity contribution >= 4 is 43.8 Å². The summed E-state index contributed by atoms with van der Waals surface area (Å²) in [4.78, 5) is 25.6. The molecule has 2 aliphatic heterocycles. The minimum atomic E-state index is -3.78. The Bertz CT molecular complexity index is 1090. The first-order valence-corrected chi connectivity index (χ1v) is 12.8.